The van der Waals surface area contributed by atoms with Crippen LogP contribution in [0.3, 0.4) is 0 Å². The third kappa shape index (κ3) is 1.31. The van der Waals surface area contributed by atoms with Gasteiger partial charge >= 0.3 is 0 Å². The van der Waals surface area contributed by atoms with Gasteiger partial charge < -0.3 is 0 Å². The highest BCUT2D eigenvalue weighted by molar-refractivity contribution is 6.30. The Balaban J connectivity index is 1.90. The molecule has 3 unspecified atom stereocenters. The Hall–Kier alpha value is -0.750. The molecular weight excluding hydrogens is 228 g/mol. The van der Waals surface area contributed by atoms with Gasteiger partial charge in [0, 0.05) is 10.4 Å². The number of hydrogen-bond acceptors (Lipinski definition) is 0. The molecule has 1 fully saturated rings. The first-order valence-electron chi connectivity index (χ1n) is 6.75. The van der Waals surface area contributed by atoms with E-state index in [-0.39, 0.29) is 0 Å². The predicted octanol–water partition coefficient (Wildman–Crippen LogP) is 4.51. The van der Waals surface area contributed by atoms with Crippen molar-refractivity contribution in [3.05, 3.63) is 46.5 Å². The fourth-order valence-corrected chi connectivity index (χ4v) is 4.68. The van der Waals surface area contributed by atoms with Crippen molar-refractivity contribution in [2.75, 3.05) is 0 Å². The van der Waals surface area contributed by atoms with Crippen LogP contribution in [0.4, 0.5) is 0 Å². The lowest BCUT2D eigenvalue weighted by molar-refractivity contribution is 0.303. The summed E-state index contributed by atoms with van der Waals surface area (Å²) in [5.41, 5.74) is 3.58. The Kier molecular flexibility index (Phi) is 2.03. The molecule has 1 saturated carbocycles. The van der Waals surface area contributed by atoms with E-state index in [1.807, 2.05) is 0 Å². The SMILES string of the molecule is Clc1ccc2c(c1)C1(CCC2)CC2C=CC1C2. The molecule has 3 atom stereocenters. The van der Waals surface area contributed by atoms with Gasteiger partial charge in [-0.1, -0.05) is 29.8 Å². The summed E-state index contributed by atoms with van der Waals surface area (Å²) >= 11 is 6.22. The van der Waals surface area contributed by atoms with E-state index in [0.717, 1.165) is 16.9 Å². The number of rotatable bonds is 0. The first-order valence-corrected chi connectivity index (χ1v) is 7.13. The van der Waals surface area contributed by atoms with Gasteiger partial charge in [-0.05, 0) is 67.2 Å². The second-order valence-corrected chi connectivity index (χ2v) is 6.44. The van der Waals surface area contributed by atoms with E-state index in [0.29, 0.717) is 5.41 Å². The van der Waals surface area contributed by atoms with Crippen LogP contribution in [-0.4, -0.2) is 0 Å². The lowest BCUT2D eigenvalue weighted by Gasteiger charge is -2.41. The maximum absolute atomic E-state index is 6.22. The van der Waals surface area contributed by atoms with Crippen molar-refractivity contribution in [3.63, 3.8) is 0 Å². The van der Waals surface area contributed by atoms with Gasteiger partial charge in [-0.15, -0.1) is 0 Å². The third-order valence-corrected chi connectivity index (χ3v) is 5.42. The number of aryl methyl sites for hydroxylation is 1. The van der Waals surface area contributed by atoms with Gasteiger partial charge in [-0.2, -0.15) is 0 Å². The summed E-state index contributed by atoms with van der Waals surface area (Å²) in [5.74, 6) is 1.62. The zero-order chi connectivity index (χ0) is 11.5. The zero-order valence-electron chi connectivity index (χ0n) is 9.95. The molecule has 0 aliphatic heterocycles. The molecule has 2 bridgehead atoms. The normalized spacial score (nSPS) is 37.7. The van der Waals surface area contributed by atoms with Crippen molar-refractivity contribution in [2.24, 2.45) is 11.8 Å². The second kappa shape index (κ2) is 3.38. The second-order valence-electron chi connectivity index (χ2n) is 6.00. The maximum Gasteiger partial charge on any atom is 0.0409 e. The van der Waals surface area contributed by atoms with Crippen molar-refractivity contribution in [3.8, 4) is 0 Å². The topological polar surface area (TPSA) is 0 Å². The van der Waals surface area contributed by atoms with Crippen LogP contribution in [0.15, 0.2) is 30.4 Å². The van der Waals surface area contributed by atoms with E-state index in [1.165, 1.54) is 32.1 Å². The molecule has 1 aromatic carbocycles. The summed E-state index contributed by atoms with van der Waals surface area (Å²) in [7, 11) is 0. The van der Waals surface area contributed by atoms with Crippen LogP contribution in [0, 0.1) is 11.8 Å². The van der Waals surface area contributed by atoms with Crippen LogP contribution >= 0.6 is 11.6 Å². The average Bonchev–Trinajstić information content (AvgIpc) is 2.91. The first kappa shape index (κ1) is 10.2. The molecule has 1 spiro atoms. The van der Waals surface area contributed by atoms with Gasteiger partial charge in [0.15, 0.2) is 0 Å². The van der Waals surface area contributed by atoms with Gasteiger partial charge in [0.1, 0.15) is 0 Å². The molecule has 3 aliphatic rings. The minimum atomic E-state index is 0.442. The Labute approximate surface area is 108 Å². The Morgan fingerprint density at radius 2 is 2.18 bits per heavy atom. The molecule has 3 aliphatic carbocycles. The van der Waals surface area contributed by atoms with Crippen molar-refractivity contribution in [2.45, 2.75) is 37.5 Å². The summed E-state index contributed by atoms with van der Waals surface area (Å²) in [6.45, 7) is 0. The molecule has 1 aromatic rings. The van der Waals surface area contributed by atoms with Crippen molar-refractivity contribution in [1.82, 2.24) is 0 Å². The van der Waals surface area contributed by atoms with Gasteiger partial charge in [0.2, 0.25) is 0 Å². The fraction of sp³-hybridized carbons (Fsp3) is 0.500. The lowest BCUT2D eigenvalue weighted by Crippen LogP contribution is -2.34. The summed E-state index contributed by atoms with van der Waals surface area (Å²) in [4.78, 5) is 0. The third-order valence-electron chi connectivity index (χ3n) is 5.19. The average molecular weight is 245 g/mol. The van der Waals surface area contributed by atoms with Gasteiger partial charge in [-0.25, -0.2) is 0 Å². The number of allylic oxidation sites excluding steroid dienone is 2. The van der Waals surface area contributed by atoms with E-state index in [1.54, 1.807) is 11.1 Å². The Morgan fingerprint density at radius 3 is 2.94 bits per heavy atom. The Bertz CT molecular complexity index is 502. The molecule has 0 radical (unpaired) electrons. The number of halogens is 1. The molecule has 88 valence electrons. The van der Waals surface area contributed by atoms with Crippen LogP contribution in [-0.2, 0) is 11.8 Å². The molecule has 17 heavy (non-hydrogen) atoms. The smallest absolute Gasteiger partial charge is 0.0409 e. The molecule has 4 rings (SSSR count). The van der Waals surface area contributed by atoms with Gasteiger partial charge in [0.05, 0.1) is 0 Å². The van der Waals surface area contributed by atoms with E-state index in [4.69, 9.17) is 11.6 Å². The summed E-state index contributed by atoms with van der Waals surface area (Å²) in [6.07, 6.45) is 11.6. The van der Waals surface area contributed by atoms with Crippen LogP contribution in [0.1, 0.15) is 36.8 Å². The van der Waals surface area contributed by atoms with Crippen LogP contribution in [0.25, 0.3) is 0 Å². The number of fused-ring (bicyclic) bond motifs is 5. The van der Waals surface area contributed by atoms with Crippen LogP contribution in [0.5, 0.6) is 0 Å². The van der Waals surface area contributed by atoms with E-state index >= 15 is 0 Å². The predicted molar refractivity (Wildman–Crippen MR) is 71.4 cm³/mol. The van der Waals surface area contributed by atoms with Crippen LogP contribution < -0.4 is 0 Å². The monoisotopic (exact) mass is 244 g/mol. The molecular formula is C16H17Cl. The molecule has 0 saturated heterocycles. The summed E-state index contributed by atoms with van der Waals surface area (Å²) in [5, 5.41) is 0.914. The van der Waals surface area contributed by atoms with Gasteiger partial charge in [0.25, 0.3) is 0 Å². The number of benzene rings is 1. The molecule has 0 N–H and O–H groups in total. The standard InChI is InChI=1S/C16H17Cl/c17-14-6-4-12-2-1-7-16(15(12)9-14)10-11-3-5-13(16)8-11/h3-6,9,11,13H,1-2,7-8,10H2. The fourth-order valence-electron chi connectivity index (χ4n) is 4.51. The zero-order valence-corrected chi connectivity index (χ0v) is 10.7. The van der Waals surface area contributed by atoms with Crippen molar-refractivity contribution in [1.29, 1.82) is 0 Å². The van der Waals surface area contributed by atoms with E-state index in [2.05, 4.69) is 30.4 Å². The quantitative estimate of drug-likeness (QED) is 0.589. The maximum atomic E-state index is 6.22. The highest BCUT2D eigenvalue weighted by Gasteiger charge is 2.50. The molecule has 1 heteroatoms. The van der Waals surface area contributed by atoms with Crippen LogP contribution in [0.2, 0.25) is 5.02 Å². The van der Waals surface area contributed by atoms with Gasteiger partial charge in [-0.3, -0.25) is 0 Å². The molecule has 0 nitrogen and oxygen atoms in total. The lowest BCUT2D eigenvalue weighted by atomic mass is 9.63. The minimum absolute atomic E-state index is 0.442. The largest absolute Gasteiger partial charge is 0.0851 e. The number of hydrogen-bond donors (Lipinski definition) is 0. The van der Waals surface area contributed by atoms with E-state index < -0.39 is 0 Å². The van der Waals surface area contributed by atoms with Crippen molar-refractivity contribution >= 4 is 11.6 Å². The first-order chi connectivity index (χ1) is 8.28. The minimum Gasteiger partial charge on any atom is -0.0851 e. The molecule has 0 aromatic heterocycles. The Morgan fingerprint density at radius 1 is 1.24 bits per heavy atom. The van der Waals surface area contributed by atoms with E-state index in [9.17, 15) is 0 Å². The summed E-state index contributed by atoms with van der Waals surface area (Å²) < 4.78 is 0. The highest BCUT2D eigenvalue weighted by atomic mass is 35.5. The summed E-state index contributed by atoms with van der Waals surface area (Å²) in [6, 6.07) is 6.57. The highest BCUT2D eigenvalue weighted by Crippen LogP contribution is 2.58. The molecule has 0 amide bonds. The van der Waals surface area contributed by atoms with Crippen molar-refractivity contribution < 1.29 is 0 Å². The molecule has 0 heterocycles.